The monoisotopic (exact) mass is 1110 g/mol. The van der Waals surface area contributed by atoms with E-state index in [1.165, 1.54) is 46.1 Å². The first-order valence-corrected chi connectivity index (χ1v) is 25.1. The van der Waals surface area contributed by atoms with E-state index in [0.29, 0.717) is 11.8 Å². The average molecular weight is 1110 g/mol. The van der Waals surface area contributed by atoms with Crippen LogP contribution >= 0.6 is 0 Å². The Morgan fingerprint density at radius 2 is 1.18 bits per heavy atom. The maximum atomic E-state index is 11.7. The van der Waals surface area contributed by atoms with E-state index in [1.807, 2.05) is 39.8 Å². The largest absolute Gasteiger partial charge is 0.512 e. The van der Waals surface area contributed by atoms with Crippen molar-refractivity contribution in [3.63, 3.8) is 0 Å². The van der Waals surface area contributed by atoms with E-state index >= 15 is 0 Å². The maximum Gasteiger partial charge on any atom is 0.162 e. The van der Waals surface area contributed by atoms with Gasteiger partial charge in [-0.1, -0.05) is 27.7 Å². The van der Waals surface area contributed by atoms with Crippen molar-refractivity contribution >= 4 is 43.2 Å². The second-order valence-corrected chi connectivity index (χ2v) is 22.7. The molecule has 5 heteroatoms. The van der Waals surface area contributed by atoms with E-state index in [9.17, 15) is 9.90 Å². The van der Waals surface area contributed by atoms with E-state index < -0.39 is 21.8 Å². The first-order valence-electron chi connectivity index (χ1n) is 19.8. The minimum absolute atomic E-state index is 0. The Morgan fingerprint density at radius 1 is 0.673 bits per heavy atom. The van der Waals surface area contributed by atoms with Crippen molar-refractivity contribution in [2.45, 2.75) is 92.9 Å². The summed E-state index contributed by atoms with van der Waals surface area (Å²) in [5, 5.41) is 9.76. The number of aliphatic hydroxyl groups is 1. The molecule has 0 amide bonds. The number of para-hydroxylation sites is 1. The molecule has 6 rings (SSSR count). The zero-order valence-corrected chi connectivity index (χ0v) is 39.6. The van der Waals surface area contributed by atoms with Gasteiger partial charge < -0.3 is 5.11 Å². The van der Waals surface area contributed by atoms with Crippen LogP contribution in [0.4, 0.5) is 5.69 Å². The number of aliphatic hydroxyl groups excluding tert-OH is 1. The fourth-order valence-corrected chi connectivity index (χ4v) is 19.0. The summed E-state index contributed by atoms with van der Waals surface area (Å²) in [5.41, 5.74) is 10.4. The van der Waals surface area contributed by atoms with Gasteiger partial charge in [-0.2, -0.15) is 0 Å². The van der Waals surface area contributed by atoms with E-state index in [-0.39, 0.29) is 43.5 Å². The molecule has 1 aliphatic rings. The summed E-state index contributed by atoms with van der Waals surface area (Å²) >= 11 is -2.70. The summed E-state index contributed by atoms with van der Waals surface area (Å²) in [6.45, 7) is 17.5. The number of fused-ring (bicyclic) bond motifs is 1. The topological polar surface area (TPSA) is 49.7 Å². The molecule has 3 nitrogen and oxygen atoms in total. The Morgan fingerprint density at radius 3 is 1.71 bits per heavy atom. The summed E-state index contributed by atoms with van der Waals surface area (Å²) < 4.78 is 4.40. The molecule has 0 saturated carbocycles. The molecule has 0 atom stereocenters. The number of rotatable bonds is 13. The third-order valence-corrected chi connectivity index (χ3v) is 20.6. The van der Waals surface area contributed by atoms with Crippen LogP contribution in [0.25, 0.3) is 22.3 Å². The zero-order chi connectivity index (χ0) is 38.8. The van der Waals surface area contributed by atoms with Gasteiger partial charge in [-0.3, -0.25) is 4.79 Å². The van der Waals surface area contributed by atoms with Crippen LogP contribution in [0.5, 0.6) is 0 Å². The van der Waals surface area contributed by atoms with Gasteiger partial charge in [0.15, 0.2) is 5.78 Å². The van der Waals surface area contributed by atoms with Crippen LogP contribution in [0.15, 0.2) is 132 Å². The van der Waals surface area contributed by atoms with Gasteiger partial charge in [-0.25, -0.2) is 0 Å². The maximum absolute atomic E-state index is 11.7. The van der Waals surface area contributed by atoms with Crippen molar-refractivity contribution in [1.82, 2.24) is 0 Å². The average Bonchev–Trinajstić information content (AvgIpc) is 3.58. The van der Waals surface area contributed by atoms with Crippen molar-refractivity contribution in [3.05, 3.63) is 150 Å². The van der Waals surface area contributed by atoms with E-state index in [1.54, 1.807) is 3.27 Å². The summed E-state index contributed by atoms with van der Waals surface area (Å²) in [5.74, 6) is 1.39. The Kier molecular flexibility index (Phi) is 17.0. The number of hydrogen-bond donors (Lipinski definition) is 1. The quantitative estimate of drug-likeness (QED) is 0.0553. The summed E-state index contributed by atoms with van der Waals surface area (Å²) in [4.78, 5) is 17.0. The van der Waals surface area contributed by atoms with Crippen LogP contribution < -0.4 is 6.54 Å². The van der Waals surface area contributed by atoms with Gasteiger partial charge in [-0.15, -0.1) is 0 Å². The molecule has 1 N–H and O–H groups in total. The molecule has 1 aliphatic heterocycles. The normalized spacial score (nSPS) is 12.7. The van der Waals surface area contributed by atoms with Crippen LogP contribution in [0.3, 0.4) is 0 Å². The molecule has 1 radical (unpaired) electrons. The third-order valence-electron chi connectivity index (χ3n) is 10.6. The summed E-state index contributed by atoms with van der Waals surface area (Å²) in [6, 6.07) is 45.4. The molecule has 1 heterocycles. The van der Waals surface area contributed by atoms with E-state index in [4.69, 9.17) is 4.99 Å². The Bertz CT molecular complexity index is 2010. The predicted molar refractivity (Wildman–Crippen MR) is 232 cm³/mol. The Hall–Kier alpha value is -3.49. The standard InChI is InChI=1S/C24H25.C13H8N.C13H24O2.Bi.Ir/c1-17(2)22-14-23(18(3)4)16-24(15-22)21-12-10-20(11-13-21)19-8-6-5-7-9-19;1-3-7-12(8-4-1)11-14-13-9-5-2-6-10-13;1-5-10(6-2)12(14)9-13(15)11(7-3)8-4;;/h5-13,15-18H,1-4H3;1-7,9H;9-11,14H,5-8H2,1-4H3;;/q;-1;;;/b;;12-9-;;. The second-order valence-electron chi connectivity index (χ2n) is 14.8. The number of allylic oxidation sites excluding steroid dienone is 2. The summed E-state index contributed by atoms with van der Waals surface area (Å²) in [7, 11) is 0. The second kappa shape index (κ2) is 21.2. The van der Waals surface area contributed by atoms with Crippen LogP contribution in [0, 0.1) is 17.9 Å². The van der Waals surface area contributed by atoms with Crippen LogP contribution in [0.1, 0.15) is 110 Å². The number of aliphatic imine (C=N–C) groups is 1. The molecule has 0 unspecified atom stereocenters. The molecule has 0 bridgehead atoms. The molecule has 0 saturated heterocycles. The molecule has 289 valence electrons. The number of hydrogen-bond acceptors (Lipinski definition) is 3. The minimum atomic E-state index is -2.70. The van der Waals surface area contributed by atoms with Crippen molar-refractivity contribution < 1.29 is 30.0 Å². The number of carbonyl (C=O) groups is 1. The van der Waals surface area contributed by atoms with Crippen molar-refractivity contribution in [1.29, 1.82) is 0 Å². The van der Waals surface area contributed by atoms with Crippen molar-refractivity contribution in [2.75, 3.05) is 0 Å². The molecule has 55 heavy (non-hydrogen) atoms. The van der Waals surface area contributed by atoms with Crippen molar-refractivity contribution in [3.8, 4) is 22.3 Å². The molecule has 0 aromatic heterocycles. The van der Waals surface area contributed by atoms with E-state index in [0.717, 1.165) is 36.9 Å². The molecule has 0 fully saturated rings. The van der Waals surface area contributed by atoms with Gasteiger partial charge in [0.25, 0.3) is 0 Å². The van der Waals surface area contributed by atoms with Gasteiger partial charge in [0.1, 0.15) is 0 Å². The fourth-order valence-electron chi connectivity index (χ4n) is 7.22. The van der Waals surface area contributed by atoms with Gasteiger partial charge >= 0.3 is 242 Å². The summed E-state index contributed by atoms with van der Waals surface area (Å²) in [6.07, 6.45) is 4.91. The zero-order valence-electron chi connectivity index (χ0n) is 33.8. The molecule has 0 aliphatic carbocycles. The van der Waals surface area contributed by atoms with Crippen LogP contribution in [-0.4, -0.2) is 36.1 Å². The van der Waals surface area contributed by atoms with Crippen molar-refractivity contribution in [2.24, 2.45) is 16.8 Å². The molecular formula is C50H57BiIrNO2-. The van der Waals surface area contributed by atoms with Gasteiger partial charge in [0, 0.05) is 38.0 Å². The number of ketones is 1. The van der Waals surface area contributed by atoms with Gasteiger partial charge in [0.2, 0.25) is 0 Å². The van der Waals surface area contributed by atoms with Gasteiger partial charge in [0.05, 0.1) is 5.76 Å². The third kappa shape index (κ3) is 10.7. The predicted octanol–water partition coefficient (Wildman–Crippen LogP) is 12.2. The van der Waals surface area contributed by atoms with E-state index in [2.05, 4.69) is 137 Å². The number of nitrogens with zero attached hydrogens (tertiary/aromatic N) is 1. The van der Waals surface area contributed by atoms with Gasteiger partial charge in [-0.05, 0) is 25.7 Å². The molecular weight excluding hydrogens is 1050 g/mol. The SMILES string of the molecule is CC(C)c1cc(-c2ccc(-c3ccccc3)cc2)cc(C(C)C)[c]1[Bi]1[C](c2[c-]cccc2)=Nc2cccc[c]21.CCC(CC)C(=O)/C=C(\O)C(CC)CC.[Ir]. The minimum Gasteiger partial charge on any atom is -0.512 e. The molecule has 5 aromatic carbocycles. The number of carbonyl (C=O) groups excluding carboxylic acids is 1. The molecule has 0 spiro atoms. The Balaban J connectivity index is 0.000000360. The fraction of sp³-hybridized carbons (Fsp3) is 0.320. The first-order chi connectivity index (χ1) is 26.1. The number of benzene rings is 5. The smallest absolute Gasteiger partial charge is 0.162 e. The first kappa shape index (κ1) is 44.2. The van der Waals surface area contributed by atoms with Crippen LogP contribution in [-0.2, 0) is 24.9 Å². The van der Waals surface area contributed by atoms with Crippen LogP contribution in [0.2, 0.25) is 0 Å². The molecule has 5 aromatic rings. The Labute approximate surface area is 352 Å².